The van der Waals surface area contributed by atoms with E-state index in [2.05, 4.69) is 20.8 Å². The van der Waals surface area contributed by atoms with Crippen LogP contribution in [-0.4, -0.2) is 23.2 Å². The fourth-order valence-electron chi connectivity index (χ4n) is 4.78. The highest BCUT2D eigenvalue weighted by Crippen LogP contribution is 2.28. The molecule has 2 N–H and O–H groups in total. The monoisotopic (exact) mass is 596 g/mol. The summed E-state index contributed by atoms with van der Waals surface area (Å²) in [5.41, 5.74) is 7.60. The van der Waals surface area contributed by atoms with Crippen LogP contribution in [0.2, 0.25) is 0 Å². The van der Waals surface area contributed by atoms with Crippen LogP contribution in [-0.2, 0) is 9.59 Å². The van der Waals surface area contributed by atoms with Crippen LogP contribution in [0.25, 0.3) is 0 Å². The minimum absolute atomic E-state index is 0.180. The van der Waals surface area contributed by atoms with Crippen LogP contribution in [0.1, 0.15) is 25.0 Å². The summed E-state index contributed by atoms with van der Waals surface area (Å²) >= 11 is 0. The lowest BCUT2D eigenvalue weighted by atomic mass is 10.2. The Hall–Kier alpha value is -5.96. The van der Waals surface area contributed by atoms with E-state index in [1.165, 1.54) is 10.0 Å². The average Bonchev–Trinajstić information content (AvgIpc) is 3.49. The Morgan fingerprint density at radius 2 is 0.889 bits per heavy atom. The van der Waals surface area contributed by atoms with Gasteiger partial charge in [0.05, 0.1) is 33.9 Å². The molecule has 2 heterocycles. The zero-order valence-corrected chi connectivity index (χ0v) is 25.4. The highest BCUT2D eigenvalue weighted by atomic mass is 16.5. The summed E-state index contributed by atoms with van der Waals surface area (Å²) in [6.07, 6.45) is 3.36. The first-order valence-corrected chi connectivity index (χ1v) is 14.5. The minimum Gasteiger partial charge on any atom is -0.457 e. The predicted molar refractivity (Wildman–Crippen MR) is 180 cm³/mol. The van der Waals surface area contributed by atoms with Gasteiger partial charge in [0.1, 0.15) is 11.5 Å². The molecular formula is C36H32N6O3. The SMILES string of the molecule is CC1=NN(c2ccc(C)cc2)C(=O)/C1=C\Nc1ccc(Oc2ccc(N/C=C3\C(=O)N(c4ccc(C)cc4)N=C3C)cc2)cc1. The summed E-state index contributed by atoms with van der Waals surface area (Å²) in [7, 11) is 0. The number of aryl methyl sites for hydroxylation is 2. The zero-order chi connectivity index (χ0) is 31.5. The maximum atomic E-state index is 13.0. The number of anilines is 4. The molecule has 9 nitrogen and oxygen atoms in total. The number of hydrogen-bond acceptors (Lipinski definition) is 7. The molecule has 4 aromatic carbocycles. The second-order valence-electron chi connectivity index (χ2n) is 10.8. The van der Waals surface area contributed by atoms with Crippen molar-refractivity contribution in [3.63, 3.8) is 0 Å². The third-order valence-corrected chi connectivity index (χ3v) is 7.39. The summed E-state index contributed by atoms with van der Waals surface area (Å²) in [5, 5.41) is 18.1. The number of rotatable bonds is 8. The van der Waals surface area contributed by atoms with Crippen molar-refractivity contribution >= 4 is 46.0 Å². The average molecular weight is 597 g/mol. The number of benzene rings is 4. The molecule has 6 rings (SSSR count). The molecule has 0 saturated carbocycles. The number of carbonyl (C=O) groups is 2. The molecule has 2 amide bonds. The minimum atomic E-state index is -0.180. The summed E-state index contributed by atoms with van der Waals surface area (Å²) in [6, 6.07) is 30.3. The lowest BCUT2D eigenvalue weighted by molar-refractivity contribution is -0.115. The number of amides is 2. The lowest BCUT2D eigenvalue weighted by Gasteiger charge is -2.12. The first kappa shape index (κ1) is 29.1. The molecule has 0 fully saturated rings. The van der Waals surface area contributed by atoms with Crippen molar-refractivity contribution in [2.45, 2.75) is 27.7 Å². The van der Waals surface area contributed by atoms with Crippen molar-refractivity contribution in [2.75, 3.05) is 20.7 Å². The van der Waals surface area contributed by atoms with Gasteiger partial charge in [0.2, 0.25) is 0 Å². The Bertz CT molecular complexity index is 1730. The lowest BCUT2D eigenvalue weighted by Crippen LogP contribution is -2.21. The summed E-state index contributed by atoms with van der Waals surface area (Å²) in [6.45, 7) is 7.64. The van der Waals surface area contributed by atoms with E-state index in [1.807, 2.05) is 125 Å². The van der Waals surface area contributed by atoms with E-state index in [1.54, 1.807) is 12.4 Å². The normalized spacial score (nSPS) is 16.4. The van der Waals surface area contributed by atoms with E-state index < -0.39 is 0 Å². The van der Waals surface area contributed by atoms with E-state index >= 15 is 0 Å². The van der Waals surface area contributed by atoms with Crippen LogP contribution in [0, 0.1) is 13.8 Å². The highest BCUT2D eigenvalue weighted by molar-refractivity contribution is 6.30. The standard InChI is InChI=1S/C36H32N6O3/c1-23-5-13-29(14-6-23)41-35(43)33(25(3)39-41)21-37-27-9-17-31(18-10-27)45-32-19-11-28(12-20-32)38-22-34-26(4)40-42(36(34)44)30-15-7-24(2)8-16-30/h5-22,37-38H,1-4H3/b33-21-,34-22-. The molecule has 2 aliphatic heterocycles. The van der Waals surface area contributed by atoms with Gasteiger partial charge in [0.25, 0.3) is 11.8 Å². The van der Waals surface area contributed by atoms with E-state index in [4.69, 9.17) is 4.74 Å². The number of nitrogens with zero attached hydrogens (tertiary/aromatic N) is 4. The molecule has 0 bridgehead atoms. The number of carbonyl (C=O) groups excluding carboxylic acids is 2. The molecule has 0 radical (unpaired) electrons. The second-order valence-corrected chi connectivity index (χ2v) is 10.8. The summed E-state index contributed by atoms with van der Waals surface area (Å²) in [4.78, 5) is 25.9. The van der Waals surface area contributed by atoms with Gasteiger partial charge < -0.3 is 15.4 Å². The zero-order valence-electron chi connectivity index (χ0n) is 25.4. The Morgan fingerprint density at radius 3 is 1.24 bits per heavy atom. The first-order valence-electron chi connectivity index (χ1n) is 14.5. The van der Waals surface area contributed by atoms with Gasteiger partial charge in [-0.2, -0.15) is 20.2 Å². The largest absolute Gasteiger partial charge is 0.457 e. The topological polar surface area (TPSA) is 98.6 Å². The van der Waals surface area contributed by atoms with E-state index in [0.717, 1.165) is 33.9 Å². The summed E-state index contributed by atoms with van der Waals surface area (Å²) < 4.78 is 6.01. The maximum Gasteiger partial charge on any atom is 0.282 e. The van der Waals surface area contributed by atoms with Gasteiger partial charge in [-0.15, -0.1) is 0 Å². The van der Waals surface area contributed by atoms with Gasteiger partial charge in [0, 0.05) is 23.8 Å². The van der Waals surface area contributed by atoms with E-state index in [9.17, 15) is 9.59 Å². The maximum absolute atomic E-state index is 13.0. The molecule has 0 saturated heterocycles. The summed E-state index contributed by atoms with van der Waals surface area (Å²) in [5.74, 6) is 0.965. The van der Waals surface area contributed by atoms with Gasteiger partial charge in [0.15, 0.2) is 0 Å². The van der Waals surface area contributed by atoms with Crippen molar-refractivity contribution in [3.8, 4) is 11.5 Å². The number of hydrazone groups is 2. The molecule has 224 valence electrons. The van der Waals surface area contributed by atoms with Crippen molar-refractivity contribution in [1.82, 2.24) is 0 Å². The fraction of sp³-hybridized carbons (Fsp3) is 0.111. The molecule has 0 aromatic heterocycles. The molecule has 0 atom stereocenters. The van der Waals surface area contributed by atoms with Gasteiger partial charge >= 0.3 is 0 Å². The Labute approximate surface area is 261 Å². The van der Waals surface area contributed by atoms with Gasteiger partial charge in [-0.1, -0.05) is 35.4 Å². The smallest absolute Gasteiger partial charge is 0.282 e. The number of ether oxygens (including phenoxy) is 1. The van der Waals surface area contributed by atoms with Crippen molar-refractivity contribution < 1.29 is 14.3 Å². The van der Waals surface area contributed by atoms with Gasteiger partial charge in [-0.25, -0.2) is 0 Å². The molecule has 4 aromatic rings. The van der Waals surface area contributed by atoms with Crippen LogP contribution in [0.15, 0.2) is 131 Å². The van der Waals surface area contributed by atoms with Gasteiger partial charge in [-0.3, -0.25) is 9.59 Å². The first-order chi connectivity index (χ1) is 21.7. The third-order valence-electron chi connectivity index (χ3n) is 7.39. The van der Waals surface area contributed by atoms with E-state index in [0.29, 0.717) is 34.1 Å². The second kappa shape index (κ2) is 12.3. The van der Waals surface area contributed by atoms with Crippen molar-refractivity contribution in [2.24, 2.45) is 10.2 Å². The van der Waals surface area contributed by atoms with Crippen LogP contribution in [0.3, 0.4) is 0 Å². The molecule has 2 aliphatic rings. The molecular weight excluding hydrogens is 564 g/mol. The van der Waals surface area contributed by atoms with Crippen LogP contribution in [0.5, 0.6) is 11.5 Å². The third kappa shape index (κ3) is 6.37. The molecule has 0 spiro atoms. The number of nitrogens with one attached hydrogen (secondary N) is 2. The fourth-order valence-corrected chi connectivity index (χ4v) is 4.78. The Morgan fingerprint density at radius 1 is 0.533 bits per heavy atom. The van der Waals surface area contributed by atoms with Crippen LogP contribution >= 0.6 is 0 Å². The van der Waals surface area contributed by atoms with Crippen molar-refractivity contribution in [1.29, 1.82) is 0 Å². The molecule has 45 heavy (non-hydrogen) atoms. The van der Waals surface area contributed by atoms with Crippen LogP contribution in [0.4, 0.5) is 22.7 Å². The Kier molecular flexibility index (Phi) is 7.99. The highest BCUT2D eigenvalue weighted by Gasteiger charge is 2.29. The van der Waals surface area contributed by atoms with Crippen LogP contribution < -0.4 is 25.4 Å². The van der Waals surface area contributed by atoms with E-state index in [-0.39, 0.29) is 11.8 Å². The predicted octanol–water partition coefficient (Wildman–Crippen LogP) is 7.53. The Balaban J connectivity index is 1.04. The van der Waals surface area contributed by atoms with Crippen molar-refractivity contribution in [3.05, 3.63) is 132 Å². The molecule has 9 heteroatoms. The quantitative estimate of drug-likeness (QED) is 0.205. The molecule has 0 unspecified atom stereocenters. The van der Waals surface area contributed by atoms with Gasteiger partial charge in [-0.05, 0) is 100 Å². The molecule has 0 aliphatic carbocycles. The number of hydrogen-bond donors (Lipinski definition) is 2.